The minimum absolute atomic E-state index is 0.284. The Morgan fingerprint density at radius 3 is 2.22 bits per heavy atom. The standard InChI is InChI=1S/C15H16F2N2O4/c16-10-2-1-3-11(17)12(10)18-13(20)14(21)19-6-4-15(5-7-19)22-8-9-23-15/h1-3H,4-9H2,(H,18,20). The summed E-state index contributed by atoms with van der Waals surface area (Å²) in [5.41, 5.74) is -0.623. The lowest BCUT2D eigenvalue weighted by molar-refractivity contribution is -0.187. The van der Waals surface area contributed by atoms with Crippen LogP contribution in [0.3, 0.4) is 0 Å². The van der Waals surface area contributed by atoms with Gasteiger partial charge >= 0.3 is 11.8 Å². The van der Waals surface area contributed by atoms with Gasteiger partial charge in [0.15, 0.2) is 5.79 Å². The zero-order valence-electron chi connectivity index (χ0n) is 12.3. The van der Waals surface area contributed by atoms with Crippen molar-refractivity contribution in [2.75, 3.05) is 31.6 Å². The summed E-state index contributed by atoms with van der Waals surface area (Å²) in [6.45, 7) is 1.60. The largest absolute Gasteiger partial charge is 0.347 e. The number of rotatable bonds is 1. The lowest BCUT2D eigenvalue weighted by Gasteiger charge is -2.37. The maximum absolute atomic E-state index is 13.5. The molecule has 0 aromatic heterocycles. The average molecular weight is 326 g/mol. The van der Waals surface area contributed by atoms with Gasteiger partial charge in [0.05, 0.1) is 13.2 Å². The first kappa shape index (κ1) is 15.8. The number of likely N-dealkylation sites (tertiary alicyclic amines) is 1. The zero-order chi connectivity index (χ0) is 16.4. The molecule has 1 spiro atoms. The van der Waals surface area contributed by atoms with Crippen LogP contribution in [0, 0.1) is 11.6 Å². The molecule has 124 valence electrons. The molecular formula is C15H16F2N2O4. The second-order valence-electron chi connectivity index (χ2n) is 5.45. The van der Waals surface area contributed by atoms with Crippen LogP contribution >= 0.6 is 0 Å². The number of benzene rings is 1. The second kappa shape index (κ2) is 6.21. The van der Waals surface area contributed by atoms with Crippen LogP contribution in [-0.4, -0.2) is 48.8 Å². The maximum atomic E-state index is 13.5. The Hall–Kier alpha value is -2.06. The Morgan fingerprint density at radius 1 is 1.09 bits per heavy atom. The van der Waals surface area contributed by atoms with Crippen LogP contribution in [0.5, 0.6) is 0 Å². The highest BCUT2D eigenvalue weighted by Crippen LogP contribution is 2.31. The van der Waals surface area contributed by atoms with Gasteiger partial charge in [0.2, 0.25) is 0 Å². The molecule has 1 aromatic rings. The fourth-order valence-electron chi connectivity index (χ4n) is 2.76. The molecule has 0 radical (unpaired) electrons. The van der Waals surface area contributed by atoms with Crippen LogP contribution < -0.4 is 5.32 Å². The number of piperidine rings is 1. The summed E-state index contributed by atoms with van der Waals surface area (Å²) in [6.07, 6.45) is 0.917. The number of anilines is 1. The molecule has 23 heavy (non-hydrogen) atoms. The summed E-state index contributed by atoms with van der Waals surface area (Å²) in [4.78, 5) is 25.4. The van der Waals surface area contributed by atoms with Crippen molar-refractivity contribution in [3.8, 4) is 0 Å². The van der Waals surface area contributed by atoms with Crippen LogP contribution in [0.2, 0.25) is 0 Å². The van der Waals surface area contributed by atoms with Crippen molar-refractivity contribution in [3.05, 3.63) is 29.8 Å². The molecule has 0 aliphatic carbocycles. The van der Waals surface area contributed by atoms with E-state index in [1.54, 1.807) is 0 Å². The Labute approximate surface area is 131 Å². The first-order chi connectivity index (χ1) is 11.0. The van der Waals surface area contributed by atoms with Crippen molar-refractivity contribution in [1.29, 1.82) is 0 Å². The van der Waals surface area contributed by atoms with Crippen LogP contribution in [-0.2, 0) is 19.1 Å². The number of ether oxygens (including phenoxy) is 2. The summed E-state index contributed by atoms with van der Waals surface area (Å²) < 4.78 is 38.1. The molecule has 2 aliphatic rings. The summed E-state index contributed by atoms with van der Waals surface area (Å²) in [5.74, 6) is -4.43. The molecular weight excluding hydrogens is 310 g/mol. The van der Waals surface area contributed by atoms with E-state index in [0.29, 0.717) is 26.1 Å². The van der Waals surface area contributed by atoms with Crippen molar-refractivity contribution in [2.24, 2.45) is 0 Å². The second-order valence-corrected chi connectivity index (χ2v) is 5.45. The predicted octanol–water partition coefficient (Wildman–Crippen LogP) is 1.27. The normalized spacial score (nSPS) is 19.8. The molecule has 2 amide bonds. The van der Waals surface area contributed by atoms with Crippen molar-refractivity contribution in [2.45, 2.75) is 18.6 Å². The number of nitrogens with one attached hydrogen (secondary N) is 1. The number of carbonyl (C=O) groups is 2. The van der Waals surface area contributed by atoms with Crippen molar-refractivity contribution in [3.63, 3.8) is 0 Å². The van der Waals surface area contributed by atoms with E-state index < -0.39 is 34.9 Å². The minimum Gasteiger partial charge on any atom is -0.347 e. The molecule has 8 heteroatoms. The summed E-state index contributed by atoms with van der Waals surface area (Å²) >= 11 is 0. The van der Waals surface area contributed by atoms with Gasteiger partial charge in [-0.05, 0) is 12.1 Å². The van der Waals surface area contributed by atoms with Gasteiger partial charge in [-0.25, -0.2) is 8.78 Å². The summed E-state index contributed by atoms with van der Waals surface area (Å²) in [6, 6.07) is 3.18. The van der Waals surface area contributed by atoms with Gasteiger partial charge in [-0.1, -0.05) is 6.07 Å². The van der Waals surface area contributed by atoms with E-state index in [2.05, 4.69) is 0 Å². The summed E-state index contributed by atoms with van der Waals surface area (Å²) in [7, 11) is 0. The van der Waals surface area contributed by atoms with E-state index in [1.807, 2.05) is 5.32 Å². The highest BCUT2D eigenvalue weighted by molar-refractivity contribution is 6.39. The van der Waals surface area contributed by atoms with Crippen LogP contribution in [0.4, 0.5) is 14.5 Å². The van der Waals surface area contributed by atoms with E-state index >= 15 is 0 Å². The molecule has 2 saturated heterocycles. The molecule has 0 atom stereocenters. The minimum atomic E-state index is -1.07. The Balaban J connectivity index is 1.61. The number of nitrogens with zero attached hydrogens (tertiary/aromatic N) is 1. The first-order valence-electron chi connectivity index (χ1n) is 7.33. The molecule has 2 heterocycles. The maximum Gasteiger partial charge on any atom is 0.314 e. The van der Waals surface area contributed by atoms with Gasteiger partial charge in [0.25, 0.3) is 0 Å². The third-order valence-electron chi connectivity index (χ3n) is 4.02. The van der Waals surface area contributed by atoms with E-state index in [-0.39, 0.29) is 13.1 Å². The molecule has 1 N–H and O–H groups in total. The third-order valence-corrected chi connectivity index (χ3v) is 4.02. The lowest BCUT2D eigenvalue weighted by atomic mass is 10.0. The number of hydrogen-bond donors (Lipinski definition) is 1. The number of carbonyl (C=O) groups excluding carboxylic acids is 2. The molecule has 0 bridgehead atoms. The molecule has 1 aromatic carbocycles. The molecule has 6 nitrogen and oxygen atoms in total. The highest BCUT2D eigenvalue weighted by Gasteiger charge is 2.41. The van der Waals surface area contributed by atoms with E-state index in [1.165, 1.54) is 11.0 Å². The van der Waals surface area contributed by atoms with Crippen molar-refractivity contribution >= 4 is 17.5 Å². The van der Waals surface area contributed by atoms with E-state index in [0.717, 1.165) is 12.1 Å². The van der Waals surface area contributed by atoms with Gasteiger partial charge in [-0.15, -0.1) is 0 Å². The van der Waals surface area contributed by atoms with Gasteiger partial charge in [-0.3, -0.25) is 9.59 Å². The van der Waals surface area contributed by atoms with Crippen LogP contribution in [0.15, 0.2) is 18.2 Å². The van der Waals surface area contributed by atoms with E-state index in [9.17, 15) is 18.4 Å². The number of para-hydroxylation sites is 1. The van der Waals surface area contributed by atoms with Crippen LogP contribution in [0.25, 0.3) is 0 Å². The Bertz CT molecular complexity index is 602. The van der Waals surface area contributed by atoms with Gasteiger partial charge in [0.1, 0.15) is 17.3 Å². The highest BCUT2D eigenvalue weighted by atomic mass is 19.1. The number of amides is 2. The lowest BCUT2D eigenvalue weighted by Crippen LogP contribution is -2.50. The third kappa shape index (κ3) is 3.18. The van der Waals surface area contributed by atoms with Crippen LogP contribution in [0.1, 0.15) is 12.8 Å². The topological polar surface area (TPSA) is 67.9 Å². The molecule has 3 rings (SSSR count). The quantitative estimate of drug-likeness (QED) is 0.789. The molecule has 2 aliphatic heterocycles. The average Bonchev–Trinajstić information content (AvgIpc) is 2.99. The predicted molar refractivity (Wildman–Crippen MR) is 75.4 cm³/mol. The smallest absolute Gasteiger partial charge is 0.314 e. The SMILES string of the molecule is O=C(Nc1c(F)cccc1F)C(=O)N1CCC2(CC1)OCCO2. The fraction of sp³-hybridized carbons (Fsp3) is 0.467. The van der Waals surface area contributed by atoms with Crippen molar-refractivity contribution < 1.29 is 27.8 Å². The fourth-order valence-corrected chi connectivity index (χ4v) is 2.76. The number of hydrogen-bond acceptors (Lipinski definition) is 4. The molecule has 0 saturated carbocycles. The van der Waals surface area contributed by atoms with E-state index in [4.69, 9.17) is 9.47 Å². The first-order valence-corrected chi connectivity index (χ1v) is 7.33. The Kier molecular flexibility index (Phi) is 4.27. The van der Waals surface area contributed by atoms with Gasteiger partial charge < -0.3 is 19.7 Å². The van der Waals surface area contributed by atoms with Crippen molar-refractivity contribution in [1.82, 2.24) is 4.90 Å². The monoisotopic (exact) mass is 326 g/mol. The summed E-state index contributed by atoms with van der Waals surface area (Å²) in [5, 5.41) is 1.99. The number of halogens is 2. The molecule has 0 unspecified atom stereocenters. The zero-order valence-corrected chi connectivity index (χ0v) is 12.3. The molecule has 2 fully saturated rings. The Morgan fingerprint density at radius 2 is 1.65 bits per heavy atom. The van der Waals surface area contributed by atoms with Gasteiger partial charge in [0, 0.05) is 25.9 Å². The van der Waals surface area contributed by atoms with Gasteiger partial charge in [-0.2, -0.15) is 0 Å².